The van der Waals surface area contributed by atoms with Gasteiger partial charge in [0.15, 0.2) is 0 Å². The summed E-state index contributed by atoms with van der Waals surface area (Å²) in [5.74, 6) is 1.10. The largest absolute Gasteiger partial charge is 0.339 e. The van der Waals surface area contributed by atoms with E-state index in [1.807, 2.05) is 30.0 Å². The van der Waals surface area contributed by atoms with Crippen LogP contribution in [0.1, 0.15) is 39.2 Å². The molecule has 0 aliphatic heterocycles. The van der Waals surface area contributed by atoms with Gasteiger partial charge in [-0.3, -0.25) is 4.79 Å². The van der Waals surface area contributed by atoms with E-state index >= 15 is 0 Å². The first-order chi connectivity index (χ1) is 9.56. The van der Waals surface area contributed by atoms with Crippen LogP contribution in [0.3, 0.4) is 0 Å². The standard InChI is InChI=1S/C17H28N2O/c1-4-19(13-15-8-6-5-7-9-15)17(20)11-16(12-18)10-14(2)3/h5-9,14,16H,4,10-13,18H2,1-3H3/t16-/m0/s1. The normalized spacial score (nSPS) is 12.4. The fourth-order valence-corrected chi connectivity index (χ4v) is 2.49. The molecule has 1 amide bonds. The third kappa shape index (κ3) is 5.74. The molecule has 0 bridgehead atoms. The Morgan fingerprint density at radius 3 is 2.40 bits per heavy atom. The van der Waals surface area contributed by atoms with Crippen LogP contribution in [0.2, 0.25) is 0 Å². The van der Waals surface area contributed by atoms with E-state index in [1.54, 1.807) is 0 Å². The van der Waals surface area contributed by atoms with E-state index in [-0.39, 0.29) is 5.91 Å². The summed E-state index contributed by atoms with van der Waals surface area (Å²) in [6, 6.07) is 10.1. The van der Waals surface area contributed by atoms with Gasteiger partial charge >= 0.3 is 0 Å². The number of hydrogen-bond donors (Lipinski definition) is 1. The minimum absolute atomic E-state index is 0.215. The molecule has 0 spiro atoms. The molecule has 1 aromatic carbocycles. The van der Waals surface area contributed by atoms with Crippen LogP contribution in [0, 0.1) is 11.8 Å². The predicted molar refractivity (Wildman–Crippen MR) is 84.1 cm³/mol. The molecule has 0 unspecified atom stereocenters. The van der Waals surface area contributed by atoms with Gasteiger partial charge in [0.05, 0.1) is 0 Å². The van der Waals surface area contributed by atoms with Crippen molar-refractivity contribution < 1.29 is 4.79 Å². The second kappa shape index (κ2) is 8.75. The van der Waals surface area contributed by atoms with Crippen molar-refractivity contribution in [3.05, 3.63) is 35.9 Å². The first-order valence-corrected chi connectivity index (χ1v) is 7.58. The molecular formula is C17H28N2O. The van der Waals surface area contributed by atoms with Crippen molar-refractivity contribution in [2.24, 2.45) is 17.6 Å². The lowest BCUT2D eigenvalue weighted by atomic mass is 9.93. The van der Waals surface area contributed by atoms with Gasteiger partial charge < -0.3 is 10.6 Å². The molecule has 0 saturated heterocycles. The fourth-order valence-electron chi connectivity index (χ4n) is 2.49. The molecule has 3 nitrogen and oxygen atoms in total. The Bertz CT molecular complexity index is 389. The number of carbonyl (C=O) groups is 1. The molecule has 1 rings (SSSR count). The SMILES string of the molecule is CCN(Cc1ccccc1)C(=O)C[C@@H](CN)CC(C)C. The lowest BCUT2D eigenvalue weighted by Crippen LogP contribution is -2.33. The molecule has 112 valence electrons. The summed E-state index contributed by atoms with van der Waals surface area (Å²) in [5, 5.41) is 0. The third-order valence-electron chi connectivity index (χ3n) is 3.55. The van der Waals surface area contributed by atoms with E-state index in [2.05, 4.69) is 26.0 Å². The van der Waals surface area contributed by atoms with Crippen molar-refractivity contribution in [3.63, 3.8) is 0 Å². The van der Waals surface area contributed by atoms with E-state index in [1.165, 1.54) is 5.56 Å². The smallest absolute Gasteiger partial charge is 0.223 e. The number of nitrogens with zero attached hydrogens (tertiary/aromatic N) is 1. The molecule has 0 heterocycles. The lowest BCUT2D eigenvalue weighted by molar-refractivity contribution is -0.132. The van der Waals surface area contributed by atoms with Gasteiger partial charge in [0.25, 0.3) is 0 Å². The molecular weight excluding hydrogens is 248 g/mol. The van der Waals surface area contributed by atoms with Crippen molar-refractivity contribution in [3.8, 4) is 0 Å². The number of rotatable bonds is 8. The zero-order valence-electron chi connectivity index (χ0n) is 13.0. The molecule has 2 N–H and O–H groups in total. The number of hydrogen-bond acceptors (Lipinski definition) is 2. The van der Waals surface area contributed by atoms with Crippen LogP contribution in [-0.2, 0) is 11.3 Å². The third-order valence-corrected chi connectivity index (χ3v) is 3.55. The van der Waals surface area contributed by atoms with E-state index < -0.39 is 0 Å². The van der Waals surface area contributed by atoms with E-state index in [9.17, 15) is 4.79 Å². The molecule has 0 radical (unpaired) electrons. The van der Waals surface area contributed by atoms with Crippen molar-refractivity contribution in [1.82, 2.24) is 4.90 Å². The van der Waals surface area contributed by atoms with Crippen molar-refractivity contribution in [2.75, 3.05) is 13.1 Å². The summed E-state index contributed by atoms with van der Waals surface area (Å²) >= 11 is 0. The monoisotopic (exact) mass is 276 g/mol. The maximum Gasteiger partial charge on any atom is 0.223 e. The summed E-state index contributed by atoms with van der Waals surface area (Å²) in [7, 11) is 0. The first kappa shape index (κ1) is 16.7. The average molecular weight is 276 g/mol. The maximum atomic E-state index is 12.4. The topological polar surface area (TPSA) is 46.3 Å². The molecule has 0 aromatic heterocycles. The molecule has 0 saturated carbocycles. The summed E-state index contributed by atoms with van der Waals surface area (Å²) in [6.45, 7) is 8.40. The van der Waals surface area contributed by atoms with Crippen LogP contribution in [-0.4, -0.2) is 23.9 Å². The van der Waals surface area contributed by atoms with Crippen LogP contribution in [0.5, 0.6) is 0 Å². The zero-order valence-corrected chi connectivity index (χ0v) is 13.0. The van der Waals surface area contributed by atoms with Crippen LogP contribution >= 0.6 is 0 Å². The fraction of sp³-hybridized carbons (Fsp3) is 0.588. The van der Waals surface area contributed by atoms with Crippen LogP contribution < -0.4 is 5.73 Å². The molecule has 1 aromatic rings. The highest BCUT2D eigenvalue weighted by atomic mass is 16.2. The van der Waals surface area contributed by atoms with E-state index in [0.717, 1.165) is 13.0 Å². The number of nitrogens with two attached hydrogens (primary N) is 1. The number of carbonyl (C=O) groups excluding carboxylic acids is 1. The summed E-state index contributed by atoms with van der Waals surface area (Å²) in [5.41, 5.74) is 6.97. The molecule has 1 atom stereocenters. The highest BCUT2D eigenvalue weighted by Gasteiger charge is 2.18. The van der Waals surface area contributed by atoms with Crippen LogP contribution in [0.15, 0.2) is 30.3 Å². The Hall–Kier alpha value is -1.35. The van der Waals surface area contributed by atoms with Crippen molar-refractivity contribution in [1.29, 1.82) is 0 Å². The molecule has 3 heteroatoms. The van der Waals surface area contributed by atoms with E-state index in [4.69, 9.17) is 5.73 Å². The molecule has 0 aliphatic rings. The molecule has 0 aliphatic carbocycles. The van der Waals surface area contributed by atoms with Gasteiger partial charge in [0.2, 0.25) is 5.91 Å². The summed E-state index contributed by atoms with van der Waals surface area (Å²) in [4.78, 5) is 14.3. The van der Waals surface area contributed by atoms with Gasteiger partial charge in [-0.25, -0.2) is 0 Å². The quantitative estimate of drug-likeness (QED) is 0.793. The minimum Gasteiger partial charge on any atom is -0.339 e. The summed E-state index contributed by atoms with van der Waals surface area (Å²) in [6.07, 6.45) is 1.58. The second-order valence-electron chi connectivity index (χ2n) is 5.83. The lowest BCUT2D eigenvalue weighted by Gasteiger charge is -2.24. The highest BCUT2D eigenvalue weighted by Crippen LogP contribution is 2.16. The van der Waals surface area contributed by atoms with Crippen LogP contribution in [0.25, 0.3) is 0 Å². The van der Waals surface area contributed by atoms with Crippen LogP contribution in [0.4, 0.5) is 0 Å². The zero-order chi connectivity index (χ0) is 15.0. The number of amides is 1. The maximum absolute atomic E-state index is 12.4. The Labute approximate surface area is 123 Å². The molecule has 20 heavy (non-hydrogen) atoms. The molecule has 0 fully saturated rings. The average Bonchev–Trinajstić information content (AvgIpc) is 2.44. The van der Waals surface area contributed by atoms with Crippen molar-refractivity contribution in [2.45, 2.75) is 40.2 Å². The Morgan fingerprint density at radius 1 is 1.25 bits per heavy atom. The summed E-state index contributed by atoms with van der Waals surface area (Å²) < 4.78 is 0. The van der Waals surface area contributed by atoms with Gasteiger partial charge in [0.1, 0.15) is 0 Å². The number of benzene rings is 1. The van der Waals surface area contributed by atoms with Gasteiger partial charge in [-0.15, -0.1) is 0 Å². The van der Waals surface area contributed by atoms with Gasteiger partial charge in [-0.2, -0.15) is 0 Å². The second-order valence-corrected chi connectivity index (χ2v) is 5.83. The Kier molecular flexibility index (Phi) is 7.31. The van der Waals surface area contributed by atoms with Gasteiger partial charge in [-0.1, -0.05) is 44.2 Å². The van der Waals surface area contributed by atoms with Crippen molar-refractivity contribution >= 4 is 5.91 Å². The predicted octanol–water partition coefficient (Wildman–Crippen LogP) is 3.05. The Balaban J connectivity index is 2.58. The minimum atomic E-state index is 0.215. The highest BCUT2D eigenvalue weighted by molar-refractivity contribution is 5.76. The first-order valence-electron chi connectivity index (χ1n) is 7.58. The Morgan fingerprint density at radius 2 is 1.90 bits per heavy atom. The van der Waals surface area contributed by atoms with Gasteiger partial charge in [-0.05, 0) is 37.3 Å². The van der Waals surface area contributed by atoms with Gasteiger partial charge in [0, 0.05) is 19.5 Å². The van der Waals surface area contributed by atoms with E-state index in [0.29, 0.717) is 31.3 Å².